The van der Waals surface area contributed by atoms with E-state index in [0.29, 0.717) is 17.7 Å². The van der Waals surface area contributed by atoms with Gasteiger partial charge >= 0.3 is 0 Å². The Hall–Kier alpha value is -2.70. The molecule has 6 nitrogen and oxygen atoms in total. The summed E-state index contributed by atoms with van der Waals surface area (Å²) >= 11 is 0. The second-order valence-corrected chi connectivity index (χ2v) is 5.80. The first-order chi connectivity index (χ1) is 12.1. The molecule has 1 saturated heterocycles. The van der Waals surface area contributed by atoms with E-state index in [2.05, 4.69) is 10.6 Å². The van der Waals surface area contributed by atoms with Crippen molar-refractivity contribution in [3.8, 4) is 0 Å². The number of benzene rings is 2. The number of carbonyl (C=O) groups is 2. The Morgan fingerprint density at radius 3 is 1.84 bits per heavy atom. The van der Waals surface area contributed by atoms with Crippen LogP contribution in [0.1, 0.15) is 27.6 Å². The zero-order valence-electron chi connectivity index (χ0n) is 13.8. The summed E-state index contributed by atoms with van der Waals surface area (Å²) in [5.41, 5.74) is 1.02. The first kappa shape index (κ1) is 17.1. The lowest BCUT2D eigenvalue weighted by atomic mass is 10.2. The van der Waals surface area contributed by atoms with Crippen molar-refractivity contribution in [2.75, 3.05) is 6.61 Å². The van der Waals surface area contributed by atoms with Gasteiger partial charge in [0.2, 0.25) is 0 Å². The Balaban J connectivity index is 1.68. The number of amides is 2. The van der Waals surface area contributed by atoms with E-state index in [0.717, 1.165) is 0 Å². The van der Waals surface area contributed by atoms with Gasteiger partial charge in [-0.2, -0.15) is 0 Å². The Labute approximate surface area is 146 Å². The second-order valence-electron chi connectivity index (χ2n) is 5.80. The number of nitrogens with one attached hydrogen (secondary N) is 2. The van der Waals surface area contributed by atoms with Crippen LogP contribution in [0.4, 0.5) is 0 Å². The van der Waals surface area contributed by atoms with Crippen molar-refractivity contribution in [3.05, 3.63) is 71.8 Å². The number of hydrogen-bond acceptors (Lipinski definition) is 4. The maximum Gasteiger partial charge on any atom is 0.253 e. The maximum absolute atomic E-state index is 12.4. The van der Waals surface area contributed by atoms with E-state index in [-0.39, 0.29) is 17.9 Å². The monoisotopic (exact) mass is 340 g/mol. The van der Waals surface area contributed by atoms with E-state index in [1.165, 1.54) is 0 Å². The van der Waals surface area contributed by atoms with Gasteiger partial charge in [0.25, 0.3) is 11.8 Å². The van der Waals surface area contributed by atoms with E-state index in [1.54, 1.807) is 48.5 Å². The van der Waals surface area contributed by atoms with Gasteiger partial charge in [0.15, 0.2) is 12.5 Å². The summed E-state index contributed by atoms with van der Waals surface area (Å²) in [6, 6.07) is 17.6. The molecule has 0 spiro atoms. The van der Waals surface area contributed by atoms with Gasteiger partial charge in [-0.1, -0.05) is 36.4 Å². The summed E-state index contributed by atoms with van der Waals surface area (Å²) in [5.74, 6) is -0.579. The van der Waals surface area contributed by atoms with Crippen LogP contribution in [0.25, 0.3) is 0 Å². The van der Waals surface area contributed by atoms with Crippen LogP contribution >= 0.6 is 0 Å². The highest BCUT2D eigenvalue weighted by Crippen LogP contribution is 2.13. The molecule has 130 valence electrons. The molecule has 2 aromatic carbocycles. The molecule has 2 amide bonds. The van der Waals surface area contributed by atoms with Gasteiger partial charge in [0.05, 0.1) is 12.7 Å². The summed E-state index contributed by atoms with van der Waals surface area (Å²) in [5, 5.41) is 5.53. The Bertz CT molecular complexity index is 721. The molecule has 6 heteroatoms. The van der Waals surface area contributed by atoms with Gasteiger partial charge in [-0.3, -0.25) is 9.59 Å². The minimum Gasteiger partial charge on any atom is -0.351 e. The van der Waals surface area contributed by atoms with Crippen molar-refractivity contribution in [3.63, 3.8) is 0 Å². The van der Waals surface area contributed by atoms with Crippen LogP contribution in [0.2, 0.25) is 0 Å². The molecule has 2 aromatic rings. The molecule has 1 aliphatic rings. The van der Waals surface area contributed by atoms with Crippen molar-refractivity contribution in [1.82, 2.24) is 10.6 Å². The predicted octanol–water partition coefficient (Wildman–Crippen LogP) is 1.93. The molecule has 2 N–H and O–H groups in total. The van der Waals surface area contributed by atoms with Crippen molar-refractivity contribution >= 4 is 11.8 Å². The van der Waals surface area contributed by atoms with Crippen LogP contribution in [0.3, 0.4) is 0 Å². The van der Waals surface area contributed by atoms with E-state index < -0.39 is 12.5 Å². The number of carbonyl (C=O) groups excluding carboxylic acids is 2. The second kappa shape index (κ2) is 7.92. The topological polar surface area (TPSA) is 76.7 Å². The van der Waals surface area contributed by atoms with Crippen LogP contribution in [-0.4, -0.2) is 37.0 Å². The smallest absolute Gasteiger partial charge is 0.253 e. The zero-order chi connectivity index (χ0) is 17.6. The fourth-order valence-corrected chi connectivity index (χ4v) is 2.52. The molecule has 0 aliphatic carbocycles. The maximum atomic E-state index is 12.4. The molecule has 0 aromatic heterocycles. The van der Waals surface area contributed by atoms with Crippen molar-refractivity contribution in [1.29, 1.82) is 0 Å². The Morgan fingerprint density at radius 2 is 1.32 bits per heavy atom. The van der Waals surface area contributed by atoms with E-state index >= 15 is 0 Å². The number of ether oxygens (including phenoxy) is 2. The normalized spacial score (nSPS) is 22.8. The standard InChI is InChI=1S/C19H20N2O4/c1-13-12-24-18(20-16(22)14-8-4-2-5-9-14)19(25-13)21-17(23)15-10-6-3-7-11-15/h2-11,13,18-19H,12H2,1H3,(H,20,22)(H,21,23)/t13-,18-,19-/m1/s1. The predicted molar refractivity (Wildman–Crippen MR) is 91.9 cm³/mol. The van der Waals surface area contributed by atoms with Gasteiger partial charge in [0, 0.05) is 11.1 Å². The van der Waals surface area contributed by atoms with E-state index in [4.69, 9.17) is 9.47 Å². The molecule has 0 radical (unpaired) electrons. The number of hydrogen-bond donors (Lipinski definition) is 2. The molecular formula is C19H20N2O4. The summed E-state index contributed by atoms with van der Waals surface area (Å²) in [6.07, 6.45) is -1.73. The van der Waals surface area contributed by atoms with Crippen LogP contribution in [0.15, 0.2) is 60.7 Å². The highest BCUT2D eigenvalue weighted by Gasteiger charge is 2.33. The fourth-order valence-electron chi connectivity index (χ4n) is 2.52. The zero-order valence-corrected chi connectivity index (χ0v) is 13.8. The lowest BCUT2D eigenvalue weighted by Gasteiger charge is -2.35. The molecule has 3 rings (SSSR count). The van der Waals surface area contributed by atoms with Gasteiger partial charge in [-0.15, -0.1) is 0 Å². The highest BCUT2D eigenvalue weighted by molar-refractivity contribution is 5.95. The molecular weight excluding hydrogens is 320 g/mol. The highest BCUT2D eigenvalue weighted by atomic mass is 16.6. The van der Waals surface area contributed by atoms with Gasteiger partial charge in [0.1, 0.15) is 0 Å². The molecule has 0 unspecified atom stereocenters. The third-order valence-electron chi connectivity index (χ3n) is 3.78. The van der Waals surface area contributed by atoms with Crippen molar-refractivity contribution < 1.29 is 19.1 Å². The third-order valence-corrected chi connectivity index (χ3v) is 3.78. The quantitative estimate of drug-likeness (QED) is 0.892. The average molecular weight is 340 g/mol. The first-order valence-corrected chi connectivity index (χ1v) is 8.12. The summed E-state index contributed by atoms with van der Waals surface area (Å²) < 4.78 is 11.4. The molecule has 25 heavy (non-hydrogen) atoms. The first-order valence-electron chi connectivity index (χ1n) is 8.12. The molecule has 3 atom stereocenters. The molecule has 1 heterocycles. The van der Waals surface area contributed by atoms with Crippen LogP contribution in [0.5, 0.6) is 0 Å². The average Bonchev–Trinajstić information content (AvgIpc) is 2.65. The van der Waals surface area contributed by atoms with Gasteiger partial charge in [-0.05, 0) is 31.2 Å². The molecule has 1 aliphatic heterocycles. The Kier molecular flexibility index (Phi) is 5.42. The Morgan fingerprint density at radius 1 is 0.840 bits per heavy atom. The SMILES string of the molecule is C[C@@H]1CO[C@@H](NC(=O)c2ccccc2)[C@H](NC(=O)c2ccccc2)O1. The van der Waals surface area contributed by atoms with Crippen molar-refractivity contribution in [2.45, 2.75) is 25.5 Å². The summed E-state index contributed by atoms with van der Waals surface area (Å²) in [7, 11) is 0. The summed E-state index contributed by atoms with van der Waals surface area (Å²) in [6.45, 7) is 2.17. The van der Waals surface area contributed by atoms with E-state index in [9.17, 15) is 9.59 Å². The van der Waals surface area contributed by atoms with E-state index in [1.807, 2.05) is 19.1 Å². The fraction of sp³-hybridized carbons (Fsp3) is 0.263. The lowest BCUT2D eigenvalue weighted by molar-refractivity contribution is -0.187. The molecule has 1 fully saturated rings. The minimum absolute atomic E-state index is 0.189. The number of rotatable bonds is 4. The van der Waals surface area contributed by atoms with Gasteiger partial charge < -0.3 is 20.1 Å². The third kappa shape index (κ3) is 4.43. The largest absolute Gasteiger partial charge is 0.351 e. The molecule has 0 bridgehead atoms. The summed E-state index contributed by atoms with van der Waals surface area (Å²) in [4.78, 5) is 24.7. The lowest BCUT2D eigenvalue weighted by Crippen LogP contribution is -2.58. The van der Waals surface area contributed by atoms with Crippen LogP contribution in [-0.2, 0) is 9.47 Å². The molecule has 0 saturated carbocycles. The van der Waals surface area contributed by atoms with Crippen molar-refractivity contribution in [2.24, 2.45) is 0 Å². The minimum atomic E-state index is -0.774. The van der Waals surface area contributed by atoms with Crippen LogP contribution in [0, 0.1) is 0 Å². The van der Waals surface area contributed by atoms with Crippen LogP contribution < -0.4 is 10.6 Å². The van der Waals surface area contributed by atoms with Gasteiger partial charge in [-0.25, -0.2) is 0 Å².